The molecule has 0 aliphatic carbocycles. The molecule has 5 nitrogen and oxygen atoms in total. The molecule has 0 amide bonds. The van der Waals surface area contributed by atoms with E-state index in [1.807, 2.05) is 11.8 Å². The lowest BCUT2D eigenvalue weighted by Crippen LogP contribution is -2.39. The molecule has 1 N–H and O–H groups in total. The number of anilines is 1. The van der Waals surface area contributed by atoms with Crippen LogP contribution in [0.1, 0.15) is 17.3 Å². The molecule has 6 heteroatoms. The van der Waals surface area contributed by atoms with Crippen molar-refractivity contribution in [2.75, 3.05) is 38.9 Å². The second-order valence-electron chi connectivity index (χ2n) is 4.43. The van der Waals surface area contributed by atoms with Crippen LogP contribution in [0.15, 0.2) is 18.2 Å². The van der Waals surface area contributed by atoms with Crippen molar-refractivity contribution in [1.29, 1.82) is 0 Å². The second kappa shape index (κ2) is 8.09. The molecule has 0 spiro atoms. The molecule has 1 atom stereocenters. The molecular weight excluding hydrogens is 282 g/mol. The van der Waals surface area contributed by atoms with E-state index in [-0.39, 0.29) is 11.6 Å². The Morgan fingerprint density at radius 1 is 1.40 bits per heavy atom. The van der Waals surface area contributed by atoms with Gasteiger partial charge in [-0.2, -0.15) is 0 Å². The van der Waals surface area contributed by atoms with E-state index < -0.39 is 5.97 Å². The zero-order valence-corrected chi connectivity index (χ0v) is 12.7. The van der Waals surface area contributed by atoms with Gasteiger partial charge in [-0.25, -0.2) is 4.79 Å². The third kappa shape index (κ3) is 4.10. The quantitative estimate of drug-likeness (QED) is 0.799. The maximum Gasteiger partial charge on any atom is 0.337 e. The van der Waals surface area contributed by atoms with Gasteiger partial charge in [-0.05, 0) is 19.1 Å². The van der Waals surface area contributed by atoms with Gasteiger partial charge >= 0.3 is 5.97 Å². The van der Waals surface area contributed by atoms with Crippen molar-refractivity contribution in [2.45, 2.75) is 13.0 Å². The van der Waals surface area contributed by atoms with Crippen LogP contribution in [0.25, 0.3) is 0 Å². The van der Waals surface area contributed by atoms with Gasteiger partial charge in [0.25, 0.3) is 0 Å². The number of para-hydroxylation sites is 1. The molecule has 0 heterocycles. The maximum absolute atomic E-state index is 11.4. The number of methoxy groups -OCH3 is 2. The number of carbonyl (C=O) groups is 1. The predicted octanol–water partition coefficient (Wildman–Crippen LogP) is 2.53. The zero-order valence-electron chi connectivity index (χ0n) is 11.9. The van der Waals surface area contributed by atoms with Gasteiger partial charge in [0.2, 0.25) is 0 Å². The van der Waals surface area contributed by atoms with E-state index in [0.717, 1.165) is 0 Å². The molecule has 0 aliphatic heterocycles. The minimum atomic E-state index is -1.01. The van der Waals surface area contributed by atoms with Crippen molar-refractivity contribution in [3.05, 3.63) is 28.8 Å². The summed E-state index contributed by atoms with van der Waals surface area (Å²) in [5.74, 6) is -1.01. The van der Waals surface area contributed by atoms with Crippen LogP contribution < -0.4 is 4.90 Å². The molecule has 0 saturated heterocycles. The number of hydrogen-bond donors (Lipinski definition) is 1. The van der Waals surface area contributed by atoms with Crippen LogP contribution in [0.4, 0.5) is 5.69 Å². The fraction of sp³-hybridized carbons (Fsp3) is 0.500. The van der Waals surface area contributed by atoms with E-state index >= 15 is 0 Å². The summed E-state index contributed by atoms with van der Waals surface area (Å²) in [6.07, 6.45) is 0. The molecule has 1 rings (SSSR count). The van der Waals surface area contributed by atoms with E-state index in [9.17, 15) is 9.90 Å². The molecule has 1 aromatic rings. The minimum absolute atomic E-state index is 0.0202. The van der Waals surface area contributed by atoms with Crippen LogP contribution in [0, 0.1) is 0 Å². The Labute approximate surface area is 124 Å². The maximum atomic E-state index is 11.4. The number of hydrogen-bond acceptors (Lipinski definition) is 4. The first kappa shape index (κ1) is 16.8. The summed E-state index contributed by atoms with van der Waals surface area (Å²) in [7, 11) is 3.21. The first-order chi connectivity index (χ1) is 9.52. The van der Waals surface area contributed by atoms with E-state index in [1.165, 1.54) is 0 Å². The smallest absolute Gasteiger partial charge is 0.337 e. The van der Waals surface area contributed by atoms with Crippen LogP contribution in [0.3, 0.4) is 0 Å². The Morgan fingerprint density at radius 2 is 2.10 bits per heavy atom. The van der Waals surface area contributed by atoms with Gasteiger partial charge in [0.15, 0.2) is 0 Å². The Morgan fingerprint density at radius 3 is 2.65 bits per heavy atom. The van der Waals surface area contributed by atoms with Crippen LogP contribution in [-0.2, 0) is 9.47 Å². The monoisotopic (exact) mass is 301 g/mol. The Hall–Kier alpha value is -1.30. The highest BCUT2D eigenvalue weighted by Crippen LogP contribution is 2.31. The van der Waals surface area contributed by atoms with Crippen LogP contribution in [0.5, 0.6) is 0 Å². The van der Waals surface area contributed by atoms with Crippen molar-refractivity contribution in [1.82, 2.24) is 0 Å². The number of nitrogens with zero attached hydrogens (tertiary/aromatic N) is 1. The number of benzene rings is 1. The Kier molecular flexibility index (Phi) is 6.78. The summed E-state index contributed by atoms with van der Waals surface area (Å²) in [6.45, 7) is 3.42. The van der Waals surface area contributed by atoms with Crippen molar-refractivity contribution in [3.63, 3.8) is 0 Å². The fourth-order valence-electron chi connectivity index (χ4n) is 2.05. The summed E-state index contributed by atoms with van der Waals surface area (Å²) in [5, 5.41) is 9.73. The summed E-state index contributed by atoms with van der Waals surface area (Å²) >= 11 is 6.20. The lowest BCUT2D eigenvalue weighted by atomic mass is 10.1. The van der Waals surface area contributed by atoms with Crippen molar-refractivity contribution >= 4 is 23.3 Å². The molecule has 0 bridgehead atoms. The van der Waals surface area contributed by atoms with E-state index in [0.29, 0.717) is 30.5 Å². The molecule has 1 unspecified atom stereocenters. The first-order valence-corrected chi connectivity index (χ1v) is 6.67. The highest BCUT2D eigenvalue weighted by atomic mass is 35.5. The normalized spacial score (nSPS) is 12.2. The van der Waals surface area contributed by atoms with Crippen molar-refractivity contribution < 1.29 is 19.4 Å². The number of carboxylic acid groups (broad SMARTS) is 1. The number of ether oxygens (including phenoxy) is 2. The fourth-order valence-corrected chi connectivity index (χ4v) is 2.34. The highest BCUT2D eigenvalue weighted by Gasteiger charge is 2.23. The molecule has 0 aromatic heterocycles. The van der Waals surface area contributed by atoms with Gasteiger partial charge in [-0.1, -0.05) is 17.7 Å². The second-order valence-corrected chi connectivity index (χ2v) is 4.84. The van der Waals surface area contributed by atoms with Gasteiger partial charge in [0.1, 0.15) is 0 Å². The molecule has 20 heavy (non-hydrogen) atoms. The average Bonchev–Trinajstić information content (AvgIpc) is 2.40. The molecule has 0 fully saturated rings. The van der Waals surface area contributed by atoms with Crippen LogP contribution in [-0.4, -0.2) is 51.1 Å². The summed E-state index contributed by atoms with van der Waals surface area (Å²) in [4.78, 5) is 13.3. The van der Waals surface area contributed by atoms with Gasteiger partial charge in [-0.15, -0.1) is 0 Å². The van der Waals surface area contributed by atoms with Gasteiger partial charge in [0.05, 0.1) is 29.5 Å². The lowest BCUT2D eigenvalue weighted by Gasteiger charge is -2.32. The summed E-state index contributed by atoms with van der Waals surface area (Å²) in [6, 6.07) is 4.84. The average molecular weight is 302 g/mol. The standard InChI is InChI=1S/C14H20ClNO4/c1-10(9-20-3)16(7-8-19-2)13-11(14(17)18)5-4-6-12(13)15/h4-6,10H,7-9H2,1-3H3,(H,17,18). The third-order valence-corrected chi connectivity index (χ3v) is 3.29. The van der Waals surface area contributed by atoms with Crippen LogP contribution in [0.2, 0.25) is 5.02 Å². The number of aromatic carboxylic acids is 1. The van der Waals surface area contributed by atoms with Crippen molar-refractivity contribution in [3.8, 4) is 0 Å². The van der Waals surface area contributed by atoms with E-state index in [4.69, 9.17) is 21.1 Å². The molecule has 112 valence electrons. The molecule has 0 aliphatic rings. The van der Waals surface area contributed by atoms with E-state index in [1.54, 1.807) is 32.4 Å². The van der Waals surface area contributed by atoms with Gasteiger partial charge < -0.3 is 19.5 Å². The lowest BCUT2D eigenvalue weighted by molar-refractivity contribution is 0.0697. The van der Waals surface area contributed by atoms with Gasteiger partial charge in [0, 0.05) is 26.8 Å². The topological polar surface area (TPSA) is 59.0 Å². The third-order valence-electron chi connectivity index (χ3n) is 2.98. The molecule has 1 aromatic carbocycles. The van der Waals surface area contributed by atoms with E-state index in [2.05, 4.69) is 0 Å². The first-order valence-electron chi connectivity index (χ1n) is 6.29. The predicted molar refractivity (Wildman–Crippen MR) is 79.0 cm³/mol. The Balaban J connectivity index is 3.21. The summed E-state index contributed by atoms with van der Waals surface area (Å²) < 4.78 is 10.2. The molecular formula is C14H20ClNO4. The largest absolute Gasteiger partial charge is 0.478 e. The number of halogens is 1. The molecule has 0 saturated carbocycles. The minimum Gasteiger partial charge on any atom is -0.478 e. The van der Waals surface area contributed by atoms with Crippen molar-refractivity contribution in [2.24, 2.45) is 0 Å². The van der Waals surface area contributed by atoms with Gasteiger partial charge in [-0.3, -0.25) is 0 Å². The molecule has 0 radical (unpaired) electrons. The highest BCUT2D eigenvalue weighted by molar-refractivity contribution is 6.34. The zero-order chi connectivity index (χ0) is 15.1. The number of carboxylic acids is 1. The summed E-state index contributed by atoms with van der Waals surface area (Å²) in [5.41, 5.74) is 0.680. The van der Waals surface area contributed by atoms with Crippen LogP contribution >= 0.6 is 11.6 Å². The Bertz CT molecular complexity index is 453. The SMILES string of the molecule is COCCN(c1c(Cl)cccc1C(=O)O)C(C)COC. The number of rotatable bonds is 8.